The number of aromatic nitrogens is 2. The van der Waals surface area contributed by atoms with Gasteiger partial charge in [0, 0.05) is 29.7 Å². The summed E-state index contributed by atoms with van der Waals surface area (Å²) in [6.07, 6.45) is 1.65. The molecule has 0 radical (unpaired) electrons. The number of nitrogens with one attached hydrogen (secondary N) is 1. The molecule has 3 rings (SSSR count). The topological polar surface area (TPSA) is 76.5 Å². The summed E-state index contributed by atoms with van der Waals surface area (Å²) in [5.41, 5.74) is 1.07. The first kappa shape index (κ1) is 18.5. The van der Waals surface area contributed by atoms with Gasteiger partial charge in [-0.25, -0.2) is 9.59 Å². The van der Waals surface area contributed by atoms with Gasteiger partial charge in [0.15, 0.2) is 5.82 Å². The molecule has 9 heteroatoms. The standard InChI is InChI=1S/C17H18Cl2N4O3/c1-22-14(16(24)26-2)9-15(21-22)20-17(25)23-7-3-4-13(23)11-8-10(18)5-6-12(11)19/h5-6,8-9,13H,3-4,7H2,1-2H3,(H,20,21,25). The third kappa shape index (κ3) is 3.64. The first-order valence-corrected chi connectivity index (χ1v) is 8.81. The fraction of sp³-hybridized carbons (Fsp3) is 0.353. The fourth-order valence-electron chi connectivity index (χ4n) is 3.11. The Morgan fingerprint density at radius 3 is 2.81 bits per heavy atom. The second-order valence-electron chi connectivity index (χ2n) is 5.98. The van der Waals surface area contributed by atoms with Crippen molar-refractivity contribution in [1.29, 1.82) is 0 Å². The molecule has 0 bridgehead atoms. The average Bonchev–Trinajstić information content (AvgIpc) is 3.23. The number of likely N-dealkylation sites (tertiary alicyclic amines) is 1. The van der Waals surface area contributed by atoms with Crippen LogP contribution in [0.15, 0.2) is 24.3 Å². The number of hydrogen-bond donors (Lipinski definition) is 1. The van der Waals surface area contributed by atoms with Gasteiger partial charge in [0.2, 0.25) is 0 Å². The Labute approximate surface area is 160 Å². The number of benzene rings is 1. The van der Waals surface area contributed by atoms with Crippen molar-refractivity contribution >= 4 is 41.0 Å². The number of aryl methyl sites for hydroxylation is 1. The molecule has 2 heterocycles. The molecule has 0 aliphatic carbocycles. The molecule has 7 nitrogen and oxygen atoms in total. The monoisotopic (exact) mass is 396 g/mol. The normalized spacial score (nSPS) is 16.6. The number of ether oxygens (including phenoxy) is 1. The number of esters is 1. The Hall–Kier alpha value is -2.25. The average molecular weight is 397 g/mol. The van der Waals surface area contributed by atoms with Gasteiger partial charge in [-0.05, 0) is 36.6 Å². The number of carbonyl (C=O) groups excluding carboxylic acids is 2. The van der Waals surface area contributed by atoms with Crippen molar-refractivity contribution in [2.24, 2.45) is 7.05 Å². The number of anilines is 1. The van der Waals surface area contributed by atoms with Gasteiger partial charge < -0.3 is 9.64 Å². The summed E-state index contributed by atoms with van der Waals surface area (Å²) in [5, 5.41) is 8.01. The summed E-state index contributed by atoms with van der Waals surface area (Å²) in [6, 6.07) is 6.24. The molecule has 0 saturated carbocycles. The lowest BCUT2D eigenvalue weighted by atomic mass is 10.0. The minimum Gasteiger partial charge on any atom is -0.464 e. The summed E-state index contributed by atoms with van der Waals surface area (Å²) in [5.74, 6) is -0.244. The number of halogens is 2. The summed E-state index contributed by atoms with van der Waals surface area (Å²) in [6.45, 7) is 0.593. The van der Waals surface area contributed by atoms with Crippen molar-refractivity contribution in [2.75, 3.05) is 19.0 Å². The smallest absolute Gasteiger partial charge is 0.356 e. The van der Waals surface area contributed by atoms with Crippen LogP contribution in [-0.4, -0.2) is 40.3 Å². The quantitative estimate of drug-likeness (QED) is 0.798. The van der Waals surface area contributed by atoms with E-state index < -0.39 is 5.97 Å². The molecule has 1 aliphatic rings. The van der Waals surface area contributed by atoms with Gasteiger partial charge in [-0.3, -0.25) is 10.00 Å². The molecular formula is C17H18Cl2N4O3. The maximum atomic E-state index is 12.7. The zero-order chi connectivity index (χ0) is 18.8. The van der Waals surface area contributed by atoms with E-state index >= 15 is 0 Å². The van der Waals surface area contributed by atoms with Crippen LogP contribution in [0, 0.1) is 0 Å². The summed E-state index contributed by atoms with van der Waals surface area (Å²) in [7, 11) is 2.89. The van der Waals surface area contributed by atoms with Crippen LogP contribution in [0.1, 0.15) is 34.9 Å². The summed E-state index contributed by atoms with van der Waals surface area (Å²) in [4.78, 5) is 26.1. The molecule has 2 aromatic rings. The van der Waals surface area contributed by atoms with Crippen LogP contribution >= 0.6 is 23.2 Å². The zero-order valence-electron chi connectivity index (χ0n) is 14.3. The van der Waals surface area contributed by atoms with Crippen LogP contribution in [0.4, 0.5) is 10.6 Å². The molecule has 1 unspecified atom stereocenters. The van der Waals surface area contributed by atoms with Crippen molar-refractivity contribution in [1.82, 2.24) is 14.7 Å². The first-order valence-electron chi connectivity index (χ1n) is 8.05. The van der Waals surface area contributed by atoms with Crippen LogP contribution in [0.2, 0.25) is 10.0 Å². The van der Waals surface area contributed by atoms with Crippen LogP contribution in [0.25, 0.3) is 0 Å². The first-order chi connectivity index (χ1) is 12.4. The van der Waals surface area contributed by atoms with Crippen LogP contribution in [-0.2, 0) is 11.8 Å². The van der Waals surface area contributed by atoms with Crippen LogP contribution < -0.4 is 5.32 Å². The van der Waals surface area contributed by atoms with E-state index in [-0.39, 0.29) is 23.6 Å². The molecule has 1 aliphatic heterocycles. The highest BCUT2D eigenvalue weighted by molar-refractivity contribution is 6.33. The SMILES string of the molecule is COC(=O)c1cc(NC(=O)N2CCCC2c2cc(Cl)ccc2Cl)nn1C. The van der Waals surface area contributed by atoms with Crippen molar-refractivity contribution in [3.8, 4) is 0 Å². The zero-order valence-corrected chi connectivity index (χ0v) is 15.8. The van der Waals surface area contributed by atoms with Crippen molar-refractivity contribution < 1.29 is 14.3 Å². The highest BCUT2D eigenvalue weighted by atomic mass is 35.5. The van der Waals surface area contributed by atoms with Gasteiger partial charge in [-0.15, -0.1) is 0 Å². The number of nitrogens with zero attached hydrogens (tertiary/aromatic N) is 3. The van der Waals surface area contributed by atoms with Crippen LogP contribution in [0.3, 0.4) is 0 Å². The molecule has 1 fully saturated rings. The number of rotatable bonds is 3. The van der Waals surface area contributed by atoms with E-state index in [0.29, 0.717) is 16.6 Å². The van der Waals surface area contributed by atoms with Gasteiger partial charge in [-0.2, -0.15) is 5.10 Å². The predicted octanol–water partition coefficient (Wildman–Crippen LogP) is 3.88. The maximum absolute atomic E-state index is 12.7. The van der Waals surface area contributed by atoms with E-state index in [9.17, 15) is 9.59 Å². The molecule has 2 amide bonds. The number of hydrogen-bond acceptors (Lipinski definition) is 4. The van der Waals surface area contributed by atoms with E-state index in [4.69, 9.17) is 23.2 Å². The molecule has 1 aromatic heterocycles. The second kappa shape index (κ2) is 7.55. The number of methoxy groups -OCH3 is 1. The van der Waals surface area contributed by atoms with Crippen molar-refractivity contribution in [3.05, 3.63) is 45.6 Å². The predicted molar refractivity (Wildman–Crippen MR) is 98.7 cm³/mol. The minimum atomic E-state index is -0.523. The largest absolute Gasteiger partial charge is 0.464 e. The molecule has 1 saturated heterocycles. The molecule has 0 spiro atoms. The van der Waals surface area contributed by atoms with E-state index in [2.05, 4.69) is 15.2 Å². The highest BCUT2D eigenvalue weighted by Crippen LogP contribution is 2.37. The van der Waals surface area contributed by atoms with Gasteiger partial charge in [0.05, 0.1) is 13.2 Å². The Morgan fingerprint density at radius 1 is 1.31 bits per heavy atom. The Bertz CT molecular complexity index is 853. The molecule has 26 heavy (non-hydrogen) atoms. The third-order valence-corrected chi connectivity index (χ3v) is 4.92. The number of urea groups is 1. The molecule has 1 N–H and O–H groups in total. The molecule has 1 aromatic carbocycles. The van der Waals surface area contributed by atoms with Gasteiger partial charge >= 0.3 is 12.0 Å². The Morgan fingerprint density at radius 2 is 2.08 bits per heavy atom. The lowest BCUT2D eigenvalue weighted by Crippen LogP contribution is -2.34. The van der Waals surface area contributed by atoms with Gasteiger partial charge in [0.1, 0.15) is 5.69 Å². The Kier molecular flexibility index (Phi) is 5.38. The van der Waals surface area contributed by atoms with E-state index in [1.807, 2.05) is 0 Å². The van der Waals surface area contributed by atoms with Crippen molar-refractivity contribution in [2.45, 2.75) is 18.9 Å². The third-order valence-electron chi connectivity index (χ3n) is 4.34. The highest BCUT2D eigenvalue weighted by Gasteiger charge is 2.32. The molecule has 138 valence electrons. The molecule has 1 atom stereocenters. The minimum absolute atomic E-state index is 0.162. The maximum Gasteiger partial charge on any atom is 0.356 e. The van der Waals surface area contributed by atoms with Gasteiger partial charge in [0.25, 0.3) is 0 Å². The second-order valence-corrected chi connectivity index (χ2v) is 6.82. The lowest BCUT2D eigenvalue weighted by molar-refractivity contribution is 0.0588. The van der Waals surface area contributed by atoms with Crippen LogP contribution in [0.5, 0.6) is 0 Å². The van der Waals surface area contributed by atoms with E-state index in [1.54, 1.807) is 30.1 Å². The van der Waals surface area contributed by atoms with E-state index in [1.165, 1.54) is 17.9 Å². The van der Waals surface area contributed by atoms with E-state index in [0.717, 1.165) is 18.4 Å². The summed E-state index contributed by atoms with van der Waals surface area (Å²) < 4.78 is 6.04. The number of carbonyl (C=O) groups is 2. The number of amides is 2. The lowest BCUT2D eigenvalue weighted by Gasteiger charge is -2.25. The summed E-state index contributed by atoms with van der Waals surface area (Å²) >= 11 is 12.4. The fourth-order valence-corrected chi connectivity index (χ4v) is 3.53. The Balaban J connectivity index is 1.79. The van der Waals surface area contributed by atoms with Gasteiger partial charge in [-0.1, -0.05) is 23.2 Å². The van der Waals surface area contributed by atoms with Crippen molar-refractivity contribution in [3.63, 3.8) is 0 Å². The molecular weight excluding hydrogens is 379 g/mol.